The molecule has 1 nitrogen and oxygen atoms in total. The van der Waals surface area contributed by atoms with E-state index in [2.05, 4.69) is 61.9 Å². The first-order valence-electron chi connectivity index (χ1n) is 12.7. The molecule has 0 rings (SSSR count). The van der Waals surface area contributed by atoms with Crippen LogP contribution in [0.15, 0.2) is 12.2 Å². The van der Waals surface area contributed by atoms with Gasteiger partial charge in [-0.05, 0) is 56.7 Å². The van der Waals surface area contributed by atoms with Crippen molar-refractivity contribution in [1.29, 1.82) is 0 Å². The quantitative estimate of drug-likeness (QED) is 0.0715. The van der Waals surface area contributed by atoms with Crippen molar-refractivity contribution in [2.24, 2.45) is 0 Å². The van der Waals surface area contributed by atoms with Crippen LogP contribution < -0.4 is 0 Å². The van der Waals surface area contributed by atoms with Gasteiger partial charge in [-0.25, -0.2) is 0 Å². The molecule has 0 aromatic rings. The van der Waals surface area contributed by atoms with E-state index in [1.165, 1.54) is 108 Å². The van der Waals surface area contributed by atoms with Gasteiger partial charge < -0.3 is 4.43 Å². The molecule has 0 aliphatic carbocycles. The molecule has 0 saturated carbocycles. The Morgan fingerprint density at radius 1 is 0.621 bits per heavy atom. The molecule has 0 atom stereocenters. The van der Waals surface area contributed by atoms with Crippen LogP contribution in [0.1, 0.15) is 124 Å². The molecule has 0 spiro atoms. The first kappa shape index (κ1) is 29.4. The van der Waals surface area contributed by atoms with Crippen LogP contribution in [-0.4, -0.2) is 20.3 Å². The van der Waals surface area contributed by atoms with E-state index in [0.29, 0.717) is 5.04 Å². The topological polar surface area (TPSA) is 9.23 Å². The number of hydrogen-bond acceptors (Lipinski definition) is 1. The van der Waals surface area contributed by atoms with Crippen molar-refractivity contribution in [3.8, 4) is 0 Å². The zero-order valence-corrected chi connectivity index (χ0v) is 23.3. The van der Waals surface area contributed by atoms with Crippen LogP contribution in [0.3, 0.4) is 0 Å². The Bertz CT molecular complexity index is 373. The molecule has 174 valence electrons. The average molecular weight is 490 g/mol. The maximum absolute atomic E-state index is 6.26. The lowest BCUT2D eigenvalue weighted by atomic mass is 10.1. The largest absolute Gasteiger partial charge is 0.417 e. The molecule has 29 heavy (non-hydrogen) atoms. The molecule has 0 bridgehead atoms. The Balaban J connectivity index is 3.25. The zero-order chi connectivity index (χ0) is 21.8. The summed E-state index contributed by atoms with van der Waals surface area (Å²) in [4.78, 5) is 0. The molecule has 0 heterocycles. The second kappa shape index (κ2) is 19.1. The van der Waals surface area contributed by atoms with E-state index in [4.69, 9.17) is 4.43 Å². The molecule has 0 fully saturated rings. The summed E-state index contributed by atoms with van der Waals surface area (Å²) in [5.41, 5.74) is 0. The lowest BCUT2D eigenvalue weighted by Gasteiger charge is -2.36. The highest BCUT2D eigenvalue weighted by Gasteiger charge is 2.36. The maximum atomic E-state index is 6.26. The van der Waals surface area contributed by atoms with E-state index in [-0.39, 0.29) is 0 Å². The first-order valence-corrected chi connectivity index (χ1v) is 16.7. The third-order valence-electron chi connectivity index (χ3n) is 6.46. The Hall–Kier alpha value is 0.397. The molecule has 0 radical (unpaired) electrons. The standard InChI is InChI=1S/C26H53BrOSi/c1-26(2,3)29(4,5)28-25-23-21-19-17-15-13-11-9-7-6-8-10-12-14-16-18-20-22-24-27/h8,10H,6-7,9,11-25H2,1-5H3/b10-8-. The lowest BCUT2D eigenvalue weighted by Crippen LogP contribution is -2.40. The van der Waals surface area contributed by atoms with E-state index < -0.39 is 8.32 Å². The summed E-state index contributed by atoms with van der Waals surface area (Å²) in [6, 6.07) is 0. The average Bonchev–Trinajstić information content (AvgIpc) is 2.65. The number of rotatable bonds is 20. The second-order valence-electron chi connectivity index (χ2n) is 10.3. The number of halogens is 1. The van der Waals surface area contributed by atoms with Crippen LogP contribution in [0.5, 0.6) is 0 Å². The Kier molecular flexibility index (Phi) is 19.4. The summed E-state index contributed by atoms with van der Waals surface area (Å²) >= 11 is 3.50. The third kappa shape index (κ3) is 18.9. The lowest BCUT2D eigenvalue weighted by molar-refractivity contribution is 0.277. The Morgan fingerprint density at radius 2 is 1.00 bits per heavy atom. The minimum Gasteiger partial charge on any atom is -0.417 e. The number of hydrogen-bond donors (Lipinski definition) is 0. The predicted molar refractivity (Wildman–Crippen MR) is 140 cm³/mol. The third-order valence-corrected chi connectivity index (χ3v) is 11.6. The fourth-order valence-electron chi connectivity index (χ4n) is 3.27. The molecule has 3 heteroatoms. The van der Waals surface area contributed by atoms with Gasteiger partial charge in [0.1, 0.15) is 0 Å². The molecule has 0 unspecified atom stereocenters. The number of unbranched alkanes of at least 4 members (excludes halogenated alkanes) is 14. The molecule has 0 saturated heterocycles. The van der Waals surface area contributed by atoms with E-state index >= 15 is 0 Å². The van der Waals surface area contributed by atoms with Gasteiger partial charge in [0, 0.05) is 11.9 Å². The van der Waals surface area contributed by atoms with Gasteiger partial charge in [0.15, 0.2) is 8.32 Å². The monoisotopic (exact) mass is 488 g/mol. The van der Waals surface area contributed by atoms with Crippen molar-refractivity contribution in [3.05, 3.63) is 12.2 Å². The molecule has 0 aromatic heterocycles. The molecular weight excluding hydrogens is 436 g/mol. The minimum atomic E-state index is -1.52. The normalized spacial score (nSPS) is 12.9. The highest BCUT2D eigenvalue weighted by atomic mass is 79.9. The van der Waals surface area contributed by atoms with Crippen LogP contribution in [0.25, 0.3) is 0 Å². The second-order valence-corrected chi connectivity index (χ2v) is 15.9. The van der Waals surface area contributed by atoms with E-state index in [9.17, 15) is 0 Å². The smallest absolute Gasteiger partial charge is 0.191 e. The zero-order valence-electron chi connectivity index (χ0n) is 20.7. The van der Waals surface area contributed by atoms with Crippen molar-refractivity contribution in [3.63, 3.8) is 0 Å². The molecule has 0 N–H and O–H groups in total. The minimum absolute atomic E-state index is 0.343. The summed E-state index contributed by atoms with van der Waals surface area (Å²) in [6.45, 7) is 12.7. The highest BCUT2D eigenvalue weighted by Crippen LogP contribution is 2.36. The van der Waals surface area contributed by atoms with Gasteiger partial charge in [-0.15, -0.1) is 0 Å². The Morgan fingerprint density at radius 3 is 1.41 bits per heavy atom. The summed E-state index contributed by atoms with van der Waals surface area (Å²) in [5, 5.41) is 1.51. The summed E-state index contributed by atoms with van der Waals surface area (Å²) < 4.78 is 6.26. The molecule has 0 aliphatic rings. The van der Waals surface area contributed by atoms with Crippen LogP contribution in [0.2, 0.25) is 18.1 Å². The van der Waals surface area contributed by atoms with Crippen LogP contribution >= 0.6 is 15.9 Å². The van der Waals surface area contributed by atoms with E-state index in [0.717, 1.165) is 6.61 Å². The highest BCUT2D eigenvalue weighted by molar-refractivity contribution is 9.09. The predicted octanol–water partition coefficient (Wildman–Crippen LogP) is 10.2. The van der Waals surface area contributed by atoms with Crippen LogP contribution in [0.4, 0.5) is 0 Å². The fourth-order valence-corrected chi connectivity index (χ4v) is 4.75. The van der Waals surface area contributed by atoms with Crippen molar-refractivity contribution < 1.29 is 4.43 Å². The number of alkyl halides is 1. The number of allylic oxidation sites excluding steroid dienone is 2. The molecule has 0 aliphatic heterocycles. The summed E-state index contributed by atoms with van der Waals surface area (Å²) in [7, 11) is -1.52. The van der Waals surface area contributed by atoms with Gasteiger partial charge in [-0.1, -0.05) is 113 Å². The van der Waals surface area contributed by atoms with Crippen molar-refractivity contribution in [2.75, 3.05) is 11.9 Å². The summed E-state index contributed by atoms with van der Waals surface area (Å²) in [5.74, 6) is 0. The van der Waals surface area contributed by atoms with Crippen LogP contribution in [-0.2, 0) is 4.43 Å². The first-order chi connectivity index (χ1) is 13.8. The van der Waals surface area contributed by atoms with Gasteiger partial charge >= 0.3 is 0 Å². The summed E-state index contributed by atoms with van der Waals surface area (Å²) in [6.07, 6.45) is 26.8. The van der Waals surface area contributed by atoms with E-state index in [1.54, 1.807) is 0 Å². The van der Waals surface area contributed by atoms with Crippen LogP contribution in [0, 0.1) is 0 Å². The van der Waals surface area contributed by atoms with Crippen molar-refractivity contribution in [1.82, 2.24) is 0 Å². The fraction of sp³-hybridized carbons (Fsp3) is 0.923. The van der Waals surface area contributed by atoms with Gasteiger partial charge in [0.25, 0.3) is 0 Å². The Labute approximate surface area is 194 Å². The maximum Gasteiger partial charge on any atom is 0.191 e. The van der Waals surface area contributed by atoms with Gasteiger partial charge in [0.05, 0.1) is 0 Å². The van der Waals surface area contributed by atoms with Gasteiger partial charge in [-0.3, -0.25) is 0 Å². The SMILES string of the molecule is CC(C)(C)[Si](C)(C)OCCCCCCCCCCC/C=C\CCCCCCCBr. The van der Waals surface area contributed by atoms with Gasteiger partial charge in [-0.2, -0.15) is 0 Å². The van der Waals surface area contributed by atoms with E-state index in [1.807, 2.05) is 0 Å². The van der Waals surface area contributed by atoms with Crippen molar-refractivity contribution in [2.45, 2.75) is 142 Å². The molecular formula is C26H53BrOSi. The molecule has 0 amide bonds. The van der Waals surface area contributed by atoms with Crippen molar-refractivity contribution >= 4 is 24.2 Å². The molecule has 0 aromatic carbocycles. The van der Waals surface area contributed by atoms with Gasteiger partial charge in [0.2, 0.25) is 0 Å².